The molecule has 0 saturated carbocycles. The Morgan fingerprint density at radius 2 is 2.33 bits per heavy atom. The molecular formula is C5H14Si. The van der Waals surface area contributed by atoms with E-state index in [2.05, 4.69) is 13.8 Å². The minimum Gasteiger partial charge on any atom is -0.0748 e. The minimum atomic E-state index is -2.22. The molecule has 0 unspecified atom stereocenters. The number of hydrogen-bond donors (Lipinski definition) is 0. The molecule has 1 heteroatoms. The van der Waals surface area contributed by atoms with Crippen molar-refractivity contribution in [2.75, 3.05) is 0 Å². The second-order valence-electron chi connectivity index (χ2n) is 1.95. The molecule has 0 radical (unpaired) electrons. The van der Waals surface area contributed by atoms with Gasteiger partial charge in [-0.15, -0.1) is 0 Å². The average Bonchev–Trinajstić information content (AvgIpc) is 1.21. The van der Waals surface area contributed by atoms with Crippen LogP contribution in [0.15, 0.2) is 0 Å². The van der Waals surface area contributed by atoms with Crippen molar-refractivity contribution in [3.63, 3.8) is 0 Å². The Morgan fingerprint density at radius 3 is 2.33 bits per heavy atom. The van der Waals surface area contributed by atoms with Crippen molar-refractivity contribution in [2.24, 2.45) is 5.92 Å². The van der Waals surface area contributed by atoms with Crippen LogP contribution in [0.3, 0.4) is 0 Å². The van der Waals surface area contributed by atoms with E-state index in [4.69, 9.17) is 2.47 Å². The van der Waals surface area contributed by atoms with Crippen LogP contribution in [0.5, 0.6) is 0 Å². The first kappa shape index (κ1) is 3.25. The number of hydrogen-bond acceptors (Lipinski definition) is 0. The van der Waals surface area contributed by atoms with E-state index >= 15 is 0 Å². The quantitative estimate of drug-likeness (QED) is 0.463. The maximum Gasteiger partial charge on any atom is 0.0169 e. The fraction of sp³-hybridized carbons (Fsp3) is 1.00. The van der Waals surface area contributed by atoms with Crippen molar-refractivity contribution in [2.45, 2.75) is 26.4 Å². The summed E-state index contributed by atoms with van der Waals surface area (Å²) in [6.45, 7) is 5.88. The Labute approximate surface area is 45.2 Å². The third-order valence-corrected chi connectivity index (χ3v) is 1.84. The summed E-state index contributed by atoms with van der Waals surface area (Å²) >= 11 is 0. The maximum absolute atomic E-state index is 7.27. The lowest BCUT2D eigenvalue weighted by atomic mass is 10.3. The van der Waals surface area contributed by atoms with Crippen LogP contribution in [0, 0.1) is 5.92 Å². The highest BCUT2D eigenvalue weighted by molar-refractivity contribution is 6.33. The van der Waals surface area contributed by atoms with E-state index in [9.17, 15) is 0 Å². The lowest BCUT2D eigenvalue weighted by molar-refractivity contribution is 0.731. The largest absolute Gasteiger partial charge is 0.0748 e. The smallest absolute Gasteiger partial charge is 0.0169 e. The van der Waals surface area contributed by atoms with Gasteiger partial charge < -0.3 is 0 Å². The van der Waals surface area contributed by atoms with Gasteiger partial charge in [0.2, 0.25) is 0 Å². The van der Waals surface area contributed by atoms with Crippen molar-refractivity contribution >= 4 is 9.38 Å². The van der Waals surface area contributed by atoms with Crippen LogP contribution in [-0.2, 0) is 0 Å². The van der Waals surface area contributed by atoms with Crippen LogP contribution in [0.1, 0.15) is 13.8 Å². The lowest BCUT2D eigenvalue weighted by Gasteiger charge is -1.95. The third kappa shape index (κ3) is 4.22. The van der Waals surface area contributed by atoms with Gasteiger partial charge in [0.1, 0.15) is 0 Å². The summed E-state index contributed by atoms with van der Waals surface area (Å²) in [5.74, 6) is 0.529. The first-order chi connectivity index (χ1) is 3.42. The van der Waals surface area contributed by atoms with E-state index in [1.807, 2.05) is 0 Å². The van der Waals surface area contributed by atoms with Crippen LogP contribution in [0.4, 0.5) is 0 Å². The SMILES string of the molecule is [2H][Si]([2H])(C)CC(C)C. The van der Waals surface area contributed by atoms with Gasteiger partial charge in [-0.05, 0) is 0 Å². The molecule has 0 atom stereocenters. The Hall–Kier alpha value is 0.217. The van der Waals surface area contributed by atoms with Gasteiger partial charge in [-0.1, -0.05) is 32.4 Å². The van der Waals surface area contributed by atoms with E-state index in [0.29, 0.717) is 5.92 Å². The van der Waals surface area contributed by atoms with E-state index in [1.165, 1.54) is 0 Å². The van der Waals surface area contributed by atoms with Gasteiger partial charge in [0.25, 0.3) is 0 Å². The molecule has 0 aromatic carbocycles. The van der Waals surface area contributed by atoms with Crippen LogP contribution < -0.4 is 0 Å². The molecule has 0 saturated heterocycles. The Morgan fingerprint density at radius 1 is 1.83 bits per heavy atom. The topological polar surface area (TPSA) is 0 Å². The van der Waals surface area contributed by atoms with Crippen LogP contribution >= 0.6 is 0 Å². The third-order valence-electron chi connectivity index (χ3n) is 0.612. The molecule has 0 spiro atoms. The lowest BCUT2D eigenvalue weighted by Crippen LogP contribution is -1.88. The summed E-state index contributed by atoms with van der Waals surface area (Å²) in [5, 5.41) is 0. The van der Waals surface area contributed by atoms with Crippen LogP contribution in [0.2, 0.25) is 12.6 Å². The number of rotatable bonds is 2. The highest BCUT2D eigenvalue weighted by Gasteiger charge is 1.86. The molecule has 38 valence electrons. The van der Waals surface area contributed by atoms with Crippen molar-refractivity contribution in [1.29, 1.82) is 2.47 Å². The average molecular weight is 104 g/mol. The van der Waals surface area contributed by atoms with E-state index in [-0.39, 0.29) is 0 Å². The zero-order valence-electron chi connectivity index (χ0n) is 6.78. The predicted molar refractivity (Wildman–Crippen MR) is 34.1 cm³/mol. The molecule has 0 amide bonds. The first-order valence-corrected chi connectivity index (χ1v) is 4.12. The molecule has 0 aliphatic heterocycles. The molecule has 0 aromatic heterocycles. The summed E-state index contributed by atoms with van der Waals surface area (Å²) in [6.07, 6.45) is 0. The molecule has 0 aliphatic carbocycles. The van der Waals surface area contributed by atoms with Crippen LogP contribution in [-0.4, -0.2) is 11.9 Å². The van der Waals surface area contributed by atoms with E-state index in [1.54, 1.807) is 6.55 Å². The van der Waals surface area contributed by atoms with Crippen LogP contribution in [0.25, 0.3) is 0 Å². The minimum absolute atomic E-state index is 0.529. The maximum atomic E-state index is 7.27. The molecular weight excluding hydrogens is 88.1 g/mol. The summed E-state index contributed by atoms with van der Waals surface area (Å²) in [4.78, 5) is 0. The Bertz CT molecular complexity index is 65.3. The zero-order valence-corrected chi connectivity index (χ0v) is 5.78. The summed E-state index contributed by atoms with van der Waals surface area (Å²) < 4.78 is 14.5. The van der Waals surface area contributed by atoms with Crippen molar-refractivity contribution in [1.82, 2.24) is 0 Å². The van der Waals surface area contributed by atoms with Crippen molar-refractivity contribution < 1.29 is 0 Å². The summed E-state index contributed by atoms with van der Waals surface area (Å²) in [5.41, 5.74) is 0. The Balaban J connectivity index is 3.39. The molecule has 0 nitrogen and oxygen atoms in total. The van der Waals surface area contributed by atoms with Crippen molar-refractivity contribution in [3.05, 3.63) is 0 Å². The van der Waals surface area contributed by atoms with Gasteiger partial charge in [0.15, 0.2) is 0 Å². The second-order valence-corrected chi connectivity index (χ2v) is 3.07. The van der Waals surface area contributed by atoms with Crippen molar-refractivity contribution in [3.8, 4) is 0 Å². The second kappa shape index (κ2) is 3.41. The zero-order chi connectivity index (χ0) is 6.78. The van der Waals surface area contributed by atoms with E-state index in [0.717, 1.165) is 6.04 Å². The van der Waals surface area contributed by atoms with Gasteiger partial charge in [-0.25, -0.2) is 0 Å². The highest BCUT2D eigenvalue weighted by Crippen LogP contribution is 1.96. The van der Waals surface area contributed by atoms with Gasteiger partial charge in [0, 0.05) is 11.9 Å². The monoisotopic (exact) mass is 104 g/mol. The first-order valence-electron chi connectivity index (χ1n) is 3.42. The van der Waals surface area contributed by atoms with Gasteiger partial charge in [-0.3, -0.25) is 0 Å². The molecule has 0 aromatic rings. The molecule has 0 bridgehead atoms. The molecule has 0 fully saturated rings. The van der Waals surface area contributed by atoms with Gasteiger partial charge in [0.05, 0.1) is 0 Å². The fourth-order valence-corrected chi connectivity index (χ4v) is 1.22. The van der Waals surface area contributed by atoms with Gasteiger partial charge >= 0.3 is 0 Å². The molecule has 0 heterocycles. The predicted octanol–water partition coefficient (Wildman–Crippen LogP) is 1.28. The fourth-order valence-electron chi connectivity index (χ4n) is 0.408. The molecule has 0 aliphatic rings. The molecule has 0 rings (SSSR count). The molecule has 0 N–H and O–H groups in total. The van der Waals surface area contributed by atoms with Gasteiger partial charge in [-0.2, -0.15) is 0 Å². The summed E-state index contributed by atoms with van der Waals surface area (Å²) in [6, 6.07) is 0.799. The summed E-state index contributed by atoms with van der Waals surface area (Å²) in [7, 11) is -2.22. The molecule has 6 heavy (non-hydrogen) atoms. The van der Waals surface area contributed by atoms with E-state index < -0.39 is 9.38 Å². The highest BCUT2D eigenvalue weighted by atomic mass is 28.2. The standard InChI is InChI=1S/C5H14Si/c1-5(2)4-6-3/h5H,4,6H2,1-3H3/i6D2. The normalized spacial score (nSPS) is 17.3. The Kier molecular flexibility index (Phi) is 1.85.